The van der Waals surface area contributed by atoms with E-state index in [1.807, 2.05) is 19.1 Å². The quantitative estimate of drug-likeness (QED) is 0.920. The molecule has 0 fully saturated rings. The fourth-order valence-corrected chi connectivity index (χ4v) is 2.58. The van der Waals surface area contributed by atoms with Gasteiger partial charge in [0.15, 0.2) is 5.75 Å². The van der Waals surface area contributed by atoms with E-state index in [-0.39, 0.29) is 0 Å². The summed E-state index contributed by atoms with van der Waals surface area (Å²) in [5, 5.41) is 15.5. The summed E-state index contributed by atoms with van der Waals surface area (Å²) < 4.78 is 7.08. The molecule has 4 nitrogen and oxygen atoms in total. The number of aromatic nitrogens is 2. The molecule has 2 aromatic rings. The van der Waals surface area contributed by atoms with Crippen LogP contribution >= 0.6 is 11.6 Å². The van der Waals surface area contributed by atoms with Crippen LogP contribution in [0.4, 0.5) is 0 Å². The number of aliphatic hydroxyl groups is 1. The van der Waals surface area contributed by atoms with Gasteiger partial charge < -0.3 is 9.84 Å². The molecule has 0 bridgehead atoms. The van der Waals surface area contributed by atoms with E-state index in [4.69, 9.17) is 16.3 Å². The molecule has 1 atom stereocenters. The van der Waals surface area contributed by atoms with Crippen LogP contribution in [0.5, 0.6) is 5.75 Å². The fraction of sp³-hybridized carbons (Fsp3) is 0.400. The summed E-state index contributed by atoms with van der Waals surface area (Å²) in [6.07, 6.45) is 1.75. The van der Waals surface area contributed by atoms with Crippen LogP contribution in [0.25, 0.3) is 0 Å². The zero-order valence-electron chi connectivity index (χ0n) is 11.9. The highest BCUT2D eigenvalue weighted by atomic mass is 35.5. The van der Waals surface area contributed by atoms with Gasteiger partial charge in [0.05, 0.1) is 13.3 Å². The van der Waals surface area contributed by atoms with Crippen molar-refractivity contribution in [2.75, 3.05) is 7.11 Å². The number of halogens is 1. The number of hydrogen-bond acceptors (Lipinski definition) is 3. The molecule has 20 heavy (non-hydrogen) atoms. The van der Waals surface area contributed by atoms with Gasteiger partial charge in [0.2, 0.25) is 0 Å². The molecule has 0 saturated heterocycles. The maximum Gasteiger partial charge on any atom is 0.163 e. The third-order valence-corrected chi connectivity index (χ3v) is 3.36. The Kier molecular flexibility index (Phi) is 4.68. The molecule has 0 saturated carbocycles. The molecule has 108 valence electrons. The second-order valence-corrected chi connectivity index (χ2v) is 5.22. The number of aryl methyl sites for hydroxylation is 2. The lowest BCUT2D eigenvalue weighted by atomic mass is 10.0. The van der Waals surface area contributed by atoms with Gasteiger partial charge in [-0.1, -0.05) is 24.6 Å². The van der Waals surface area contributed by atoms with Crippen molar-refractivity contribution in [3.63, 3.8) is 0 Å². The van der Waals surface area contributed by atoms with E-state index < -0.39 is 6.10 Å². The van der Waals surface area contributed by atoms with E-state index in [0.717, 1.165) is 24.1 Å². The Hall–Kier alpha value is -1.52. The van der Waals surface area contributed by atoms with E-state index in [0.29, 0.717) is 16.5 Å². The second kappa shape index (κ2) is 6.29. The SMILES string of the molecule is CCCn1ncc(OC)c1C(O)c1cc(C)cc(Cl)c1. The zero-order chi connectivity index (χ0) is 14.7. The van der Waals surface area contributed by atoms with Gasteiger partial charge in [-0.3, -0.25) is 4.68 Å². The van der Waals surface area contributed by atoms with Crippen molar-refractivity contribution < 1.29 is 9.84 Å². The van der Waals surface area contributed by atoms with Crippen LogP contribution < -0.4 is 4.74 Å². The molecule has 0 aliphatic carbocycles. The third-order valence-electron chi connectivity index (χ3n) is 3.14. The van der Waals surface area contributed by atoms with Crippen LogP contribution in [0.2, 0.25) is 5.02 Å². The number of hydrogen-bond donors (Lipinski definition) is 1. The number of rotatable bonds is 5. The Bertz CT molecular complexity index is 575. The van der Waals surface area contributed by atoms with Crippen molar-refractivity contribution in [3.8, 4) is 5.75 Å². The first-order valence-electron chi connectivity index (χ1n) is 6.61. The van der Waals surface area contributed by atoms with Crippen molar-refractivity contribution >= 4 is 11.6 Å². The molecule has 0 aliphatic heterocycles. The molecule has 0 aliphatic rings. The van der Waals surface area contributed by atoms with E-state index in [1.165, 1.54) is 0 Å². The number of benzene rings is 1. The minimum atomic E-state index is -0.809. The van der Waals surface area contributed by atoms with Crippen LogP contribution in [0.15, 0.2) is 24.4 Å². The molecule has 5 heteroatoms. The smallest absolute Gasteiger partial charge is 0.163 e. The van der Waals surface area contributed by atoms with Crippen LogP contribution in [0.1, 0.15) is 36.3 Å². The number of methoxy groups -OCH3 is 1. The monoisotopic (exact) mass is 294 g/mol. The Labute approximate surface area is 123 Å². The molecule has 0 spiro atoms. The van der Waals surface area contributed by atoms with E-state index in [1.54, 1.807) is 24.1 Å². The van der Waals surface area contributed by atoms with E-state index in [9.17, 15) is 5.11 Å². The average Bonchev–Trinajstić information content (AvgIpc) is 2.80. The highest BCUT2D eigenvalue weighted by Crippen LogP contribution is 2.31. The lowest BCUT2D eigenvalue weighted by Gasteiger charge is -2.16. The Morgan fingerprint density at radius 3 is 2.75 bits per heavy atom. The standard InChI is InChI=1S/C15H19ClN2O2/c1-4-5-18-14(13(20-3)9-17-18)15(19)11-6-10(2)7-12(16)8-11/h6-9,15,19H,4-5H2,1-3H3. The summed E-state index contributed by atoms with van der Waals surface area (Å²) >= 11 is 6.07. The van der Waals surface area contributed by atoms with E-state index >= 15 is 0 Å². The molecule has 1 unspecified atom stereocenters. The summed E-state index contributed by atoms with van der Waals surface area (Å²) in [6, 6.07) is 5.54. The molecule has 1 heterocycles. The Morgan fingerprint density at radius 2 is 2.15 bits per heavy atom. The number of nitrogens with zero attached hydrogens (tertiary/aromatic N) is 2. The summed E-state index contributed by atoms with van der Waals surface area (Å²) in [4.78, 5) is 0. The summed E-state index contributed by atoms with van der Waals surface area (Å²) in [5.74, 6) is 0.587. The van der Waals surface area contributed by atoms with Crippen molar-refractivity contribution in [1.29, 1.82) is 0 Å². The first-order valence-corrected chi connectivity index (χ1v) is 6.99. The molecule has 0 amide bonds. The Morgan fingerprint density at radius 1 is 1.40 bits per heavy atom. The van der Waals surface area contributed by atoms with Gasteiger partial charge in [0.25, 0.3) is 0 Å². The molecular formula is C15H19ClN2O2. The fourth-order valence-electron chi connectivity index (χ4n) is 2.28. The molecule has 2 rings (SSSR count). The summed E-state index contributed by atoms with van der Waals surface area (Å²) in [5.41, 5.74) is 2.41. The average molecular weight is 295 g/mol. The minimum Gasteiger partial charge on any atom is -0.493 e. The third kappa shape index (κ3) is 2.97. The normalized spacial score (nSPS) is 12.4. The molecule has 1 aromatic carbocycles. The van der Waals surface area contributed by atoms with Gasteiger partial charge in [-0.2, -0.15) is 5.10 Å². The first kappa shape index (κ1) is 14.9. The van der Waals surface area contributed by atoms with Crippen molar-refractivity contribution in [1.82, 2.24) is 9.78 Å². The maximum atomic E-state index is 10.6. The van der Waals surface area contributed by atoms with Gasteiger partial charge in [-0.25, -0.2) is 0 Å². The van der Waals surface area contributed by atoms with Gasteiger partial charge in [-0.15, -0.1) is 0 Å². The summed E-state index contributed by atoms with van der Waals surface area (Å²) in [7, 11) is 1.58. The topological polar surface area (TPSA) is 47.3 Å². The van der Waals surface area contributed by atoms with Crippen molar-refractivity contribution in [2.45, 2.75) is 32.9 Å². The first-order chi connectivity index (χ1) is 9.56. The molecule has 1 aromatic heterocycles. The minimum absolute atomic E-state index is 0.587. The lowest BCUT2D eigenvalue weighted by molar-refractivity contribution is 0.202. The molecule has 0 radical (unpaired) electrons. The van der Waals surface area contributed by atoms with Crippen molar-refractivity contribution in [3.05, 3.63) is 46.2 Å². The van der Waals surface area contributed by atoms with Crippen molar-refractivity contribution in [2.24, 2.45) is 0 Å². The largest absolute Gasteiger partial charge is 0.493 e. The predicted molar refractivity (Wildman–Crippen MR) is 79.3 cm³/mol. The summed E-state index contributed by atoms with van der Waals surface area (Å²) in [6.45, 7) is 4.74. The highest BCUT2D eigenvalue weighted by molar-refractivity contribution is 6.30. The molecular weight excluding hydrogens is 276 g/mol. The highest BCUT2D eigenvalue weighted by Gasteiger charge is 2.21. The van der Waals surface area contributed by atoms with Crippen LogP contribution in [-0.2, 0) is 6.54 Å². The lowest BCUT2D eigenvalue weighted by Crippen LogP contribution is -2.11. The number of ether oxygens (including phenoxy) is 1. The van der Waals surface area contributed by atoms with Gasteiger partial charge >= 0.3 is 0 Å². The van der Waals surface area contributed by atoms with Crippen LogP contribution in [0.3, 0.4) is 0 Å². The van der Waals surface area contributed by atoms with Gasteiger partial charge in [0, 0.05) is 11.6 Å². The maximum absolute atomic E-state index is 10.6. The predicted octanol–water partition coefficient (Wildman–Crippen LogP) is 3.35. The number of aliphatic hydroxyl groups excluding tert-OH is 1. The van der Waals surface area contributed by atoms with Crippen LogP contribution in [-0.4, -0.2) is 22.0 Å². The Balaban J connectivity index is 2.45. The second-order valence-electron chi connectivity index (χ2n) is 4.79. The zero-order valence-corrected chi connectivity index (χ0v) is 12.7. The van der Waals surface area contributed by atoms with Gasteiger partial charge in [-0.05, 0) is 36.6 Å². The van der Waals surface area contributed by atoms with Crippen LogP contribution in [0, 0.1) is 6.92 Å². The van der Waals surface area contributed by atoms with Gasteiger partial charge in [0.1, 0.15) is 11.8 Å². The van der Waals surface area contributed by atoms with E-state index in [2.05, 4.69) is 12.0 Å². The molecule has 1 N–H and O–H groups in total.